The highest BCUT2D eigenvalue weighted by atomic mass is 32.1. The average Bonchev–Trinajstić information content (AvgIpc) is 3.30. The lowest BCUT2D eigenvalue weighted by Gasteiger charge is -2.14. The minimum absolute atomic E-state index is 0.387. The van der Waals surface area contributed by atoms with Crippen molar-refractivity contribution in [3.05, 3.63) is 41.9 Å². The first-order chi connectivity index (χ1) is 13.6. The maximum Gasteiger partial charge on any atom is 0.418 e. The van der Waals surface area contributed by atoms with Gasteiger partial charge in [0.25, 0.3) is 0 Å². The van der Waals surface area contributed by atoms with E-state index >= 15 is 0 Å². The van der Waals surface area contributed by atoms with Gasteiger partial charge >= 0.3 is 6.09 Å². The number of thiophene rings is 1. The van der Waals surface area contributed by atoms with E-state index in [-0.39, 0.29) is 0 Å². The molecule has 2 aromatic heterocycles. The Kier molecular flexibility index (Phi) is 6.51. The van der Waals surface area contributed by atoms with Crippen LogP contribution in [0.3, 0.4) is 0 Å². The first-order valence-corrected chi connectivity index (χ1v) is 9.64. The topological polar surface area (TPSA) is 101 Å². The van der Waals surface area contributed by atoms with Crippen LogP contribution in [0, 0.1) is 0 Å². The van der Waals surface area contributed by atoms with Crippen LogP contribution >= 0.6 is 11.3 Å². The zero-order chi connectivity index (χ0) is 19.9. The van der Waals surface area contributed by atoms with E-state index < -0.39 is 6.09 Å². The van der Waals surface area contributed by atoms with Crippen molar-refractivity contribution in [2.45, 2.75) is 6.92 Å². The third-order valence-electron chi connectivity index (χ3n) is 3.78. The summed E-state index contributed by atoms with van der Waals surface area (Å²) in [6, 6.07) is 8.96. The van der Waals surface area contributed by atoms with Gasteiger partial charge in [-0.05, 0) is 42.6 Å². The number of rotatable bonds is 8. The van der Waals surface area contributed by atoms with E-state index in [2.05, 4.69) is 10.4 Å². The second kappa shape index (κ2) is 9.25. The third-order valence-corrected chi connectivity index (χ3v) is 4.55. The van der Waals surface area contributed by atoms with E-state index in [9.17, 15) is 4.79 Å². The van der Waals surface area contributed by atoms with Crippen LogP contribution in [0.1, 0.15) is 6.92 Å². The molecule has 28 heavy (non-hydrogen) atoms. The molecular formula is C19H22N4O4S. The third kappa shape index (κ3) is 4.62. The van der Waals surface area contributed by atoms with Crippen LogP contribution in [-0.2, 0) is 7.05 Å². The molecule has 0 bridgehead atoms. The highest BCUT2D eigenvalue weighted by molar-refractivity contribution is 7.12. The number of anilines is 1. The van der Waals surface area contributed by atoms with Crippen molar-refractivity contribution in [1.29, 1.82) is 0 Å². The molecule has 3 rings (SSSR count). The molecule has 0 saturated heterocycles. The number of nitrogens with one attached hydrogen (secondary N) is 1. The van der Waals surface area contributed by atoms with E-state index in [0.717, 1.165) is 11.3 Å². The molecule has 9 heteroatoms. The summed E-state index contributed by atoms with van der Waals surface area (Å²) in [7, 11) is 1.84. The summed E-state index contributed by atoms with van der Waals surface area (Å²) in [5.74, 6) is 1.20. The molecule has 148 valence electrons. The van der Waals surface area contributed by atoms with Gasteiger partial charge in [-0.25, -0.2) is 4.79 Å². The van der Waals surface area contributed by atoms with Gasteiger partial charge in [0, 0.05) is 31.0 Å². The minimum atomic E-state index is -0.602. The van der Waals surface area contributed by atoms with Crippen molar-refractivity contribution >= 4 is 23.1 Å². The van der Waals surface area contributed by atoms with Gasteiger partial charge in [0.15, 0.2) is 5.75 Å². The number of nitrogens with two attached hydrogens (primary N) is 1. The van der Waals surface area contributed by atoms with Gasteiger partial charge in [-0.2, -0.15) is 5.10 Å². The Morgan fingerprint density at radius 1 is 1.25 bits per heavy atom. The normalized spacial score (nSPS) is 10.5. The quantitative estimate of drug-likeness (QED) is 0.598. The first kappa shape index (κ1) is 19.7. The smallest absolute Gasteiger partial charge is 0.418 e. The van der Waals surface area contributed by atoms with Gasteiger partial charge in [-0.1, -0.05) is 0 Å². The Labute approximate surface area is 166 Å². The molecule has 0 aliphatic heterocycles. The number of nitrogens with zero attached hydrogens (tertiary/aromatic N) is 2. The van der Waals surface area contributed by atoms with E-state index in [1.54, 1.807) is 34.5 Å². The summed E-state index contributed by atoms with van der Waals surface area (Å²) in [4.78, 5) is 12.3. The maximum absolute atomic E-state index is 12.3. The molecule has 0 aliphatic rings. The summed E-state index contributed by atoms with van der Waals surface area (Å²) in [5, 5.41) is 9.14. The van der Waals surface area contributed by atoms with Crippen LogP contribution in [0.2, 0.25) is 0 Å². The number of aromatic nitrogens is 2. The minimum Gasteiger partial charge on any atom is -0.492 e. The molecule has 1 aromatic carbocycles. The fourth-order valence-electron chi connectivity index (χ4n) is 2.59. The van der Waals surface area contributed by atoms with Crippen LogP contribution in [0.25, 0.3) is 11.3 Å². The highest BCUT2D eigenvalue weighted by Crippen LogP contribution is 2.35. The van der Waals surface area contributed by atoms with E-state index in [1.807, 2.05) is 26.1 Å². The Bertz CT molecular complexity index is 938. The van der Waals surface area contributed by atoms with Gasteiger partial charge in [0.05, 0.1) is 12.3 Å². The lowest BCUT2D eigenvalue weighted by Crippen LogP contribution is -2.17. The monoisotopic (exact) mass is 402 g/mol. The number of hydrogen-bond donors (Lipinski definition) is 2. The molecule has 3 aromatic rings. The largest absolute Gasteiger partial charge is 0.492 e. The standard InChI is InChI=1S/C19H22N4O4S/c1-3-25-17-7-11-28-18(17)27-19(24)22-13-4-5-16(26-10-8-20)14(12-13)15-6-9-21-23(15)2/h4-7,9,11-12H,3,8,10,20H2,1-2H3,(H,22,24). The van der Waals surface area contributed by atoms with Crippen LogP contribution in [0.5, 0.6) is 16.6 Å². The molecule has 1 amide bonds. The van der Waals surface area contributed by atoms with Gasteiger partial charge < -0.3 is 19.9 Å². The van der Waals surface area contributed by atoms with E-state index in [1.165, 1.54) is 11.3 Å². The van der Waals surface area contributed by atoms with Crippen molar-refractivity contribution in [1.82, 2.24) is 9.78 Å². The number of amides is 1. The number of carbonyl (C=O) groups is 1. The van der Waals surface area contributed by atoms with Gasteiger partial charge in [-0.15, -0.1) is 11.3 Å². The van der Waals surface area contributed by atoms with Crippen molar-refractivity contribution in [2.24, 2.45) is 12.8 Å². The predicted molar refractivity (Wildman–Crippen MR) is 108 cm³/mol. The molecule has 0 unspecified atom stereocenters. The zero-order valence-corrected chi connectivity index (χ0v) is 16.5. The molecule has 8 nitrogen and oxygen atoms in total. The molecule has 0 aliphatic carbocycles. The Morgan fingerprint density at radius 2 is 2.11 bits per heavy atom. The summed E-state index contributed by atoms with van der Waals surface area (Å²) < 4.78 is 18.3. The Hall–Kier alpha value is -3.04. The van der Waals surface area contributed by atoms with Crippen molar-refractivity contribution in [3.63, 3.8) is 0 Å². The first-order valence-electron chi connectivity index (χ1n) is 8.76. The van der Waals surface area contributed by atoms with Crippen molar-refractivity contribution in [3.8, 4) is 27.8 Å². The number of aryl methyl sites for hydroxylation is 1. The molecule has 2 heterocycles. The van der Waals surface area contributed by atoms with E-state index in [0.29, 0.717) is 42.0 Å². The molecule has 0 saturated carbocycles. The number of carbonyl (C=O) groups excluding carboxylic acids is 1. The second-order valence-electron chi connectivity index (χ2n) is 5.71. The molecule has 0 radical (unpaired) electrons. The lowest BCUT2D eigenvalue weighted by atomic mass is 10.1. The maximum atomic E-state index is 12.3. The van der Waals surface area contributed by atoms with Crippen molar-refractivity contribution < 1.29 is 19.0 Å². The SMILES string of the molecule is CCOc1ccsc1OC(=O)Nc1ccc(OCCN)c(-c2ccnn2C)c1. The summed E-state index contributed by atoms with van der Waals surface area (Å²) in [5.41, 5.74) is 7.75. The zero-order valence-electron chi connectivity index (χ0n) is 15.7. The molecular weight excluding hydrogens is 380 g/mol. The fourth-order valence-corrected chi connectivity index (χ4v) is 3.27. The van der Waals surface area contributed by atoms with Gasteiger partial charge in [0.2, 0.25) is 5.06 Å². The van der Waals surface area contributed by atoms with Gasteiger partial charge in [-0.3, -0.25) is 10.00 Å². The summed E-state index contributed by atoms with van der Waals surface area (Å²) in [6.07, 6.45) is 1.10. The molecule has 3 N–H and O–H groups in total. The lowest BCUT2D eigenvalue weighted by molar-refractivity contribution is 0.213. The molecule has 0 spiro atoms. The Balaban J connectivity index is 1.79. The van der Waals surface area contributed by atoms with E-state index in [4.69, 9.17) is 19.9 Å². The van der Waals surface area contributed by atoms with Gasteiger partial charge in [0.1, 0.15) is 12.4 Å². The van der Waals surface area contributed by atoms with Crippen LogP contribution < -0.4 is 25.3 Å². The van der Waals surface area contributed by atoms with Crippen LogP contribution in [-0.4, -0.2) is 35.6 Å². The van der Waals surface area contributed by atoms with Crippen LogP contribution in [0.15, 0.2) is 41.9 Å². The number of benzene rings is 1. The second-order valence-corrected chi connectivity index (χ2v) is 6.59. The van der Waals surface area contributed by atoms with Crippen molar-refractivity contribution in [2.75, 3.05) is 25.1 Å². The number of hydrogen-bond acceptors (Lipinski definition) is 7. The molecule has 0 atom stereocenters. The van der Waals surface area contributed by atoms with Crippen LogP contribution in [0.4, 0.5) is 10.5 Å². The highest BCUT2D eigenvalue weighted by Gasteiger charge is 2.15. The fraction of sp³-hybridized carbons (Fsp3) is 0.263. The predicted octanol–water partition coefficient (Wildman–Crippen LogP) is 3.50. The summed E-state index contributed by atoms with van der Waals surface area (Å²) in [6.45, 7) is 3.15. The average molecular weight is 402 g/mol. The Morgan fingerprint density at radius 3 is 2.82 bits per heavy atom. The number of ether oxygens (including phenoxy) is 3. The summed E-state index contributed by atoms with van der Waals surface area (Å²) >= 11 is 1.29. The molecule has 0 fully saturated rings.